The van der Waals surface area contributed by atoms with Crippen LogP contribution in [-0.2, 0) is 10.2 Å². The number of carbonyl (C=O) groups excluding carboxylic acids is 1. The first kappa shape index (κ1) is 20.9. The van der Waals surface area contributed by atoms with E-state index in [0.29, 0.717) is 24.6 Å². The molecular formula is C22H30N4O3. The number of hydrogen-bond acceptors (Lipinski definition) is 4. The Morgan fingerprint density at radius 1 is 1.10 bits per heavy atom. The number of para-hydroxylation sites is 1. The first-order valence-corrected chi connectivity index (χ1v) is 10.0. The summed E-state index contributed by atoms with van der Waals surface area (Å²) in [5.74, 6) is -0.565. The Morgan fingerprint density at radius 3 is 2.31 bits per heavy atom. The van der Waals surface area contributed by atoms with Crippen molar-refractivity contribution in [1.29, 1.82) is 0 Å². The number of aliphatic carboxylic acids is 1. The Balaban J connectivity index is 1.71. The number of imidazole rings is 1. The van der Waals surface area contributed by atoms with Gasteiger partial charge in [0, 0.05) is 38.1 Å². The molecule has 0 aliphatic carbocycles. The van der Waals surface area contributed by atoms with Crippen molar-refractivity contribution in [3.63, 3.8) is 0 Å². The van der Waals surface area contributed by atoms with E-state index >= 15 is 0 Å². The van der Waals surface area contributed by atoms with E-state index in [-0.39, 0.29) is 11.3 Å². The Hall–Kier alpha value is -2.83. The molecule has 2 heterocycles. The number of amides is 1. The maximum absolute atomic E-state index is 12.9. The van der Waals surface area contributed by atoms with Gasteiger partial charge in [-0.1, -0.05) is 39.0 Å². The van der Waals surface area contributed by atoms with Crippen molar-refractivity contribution in [2.24, 2.45) is 0 Å². The van der Waals surface area contributed by atoms with Gasteiger partial charge in [-0.05, 0) is 30.9 Å². The lowest BCUT2D eigenvalue weighted by atomic mass is 9.85. The van der Waals surface area contributed by atoms with Crippen LogP contribution >= 0.6 is 0 Å². The Kier molecular flexibility index (Phi) is 5.68. The van der Waals surface area contributed by atoms with E-state index in [2.05, 4.69) is 54.9 Å². The summed E-state index contributed by atoms with van der Waals surface area (Å²) in [6, 6.07) is 7.69. The molecule has 29 heavy (non-hydrogen) atoms. The molecule has 1 amide bonds. The average Bonchev–Trinajstić information content (AvgIpc) is 3.07. The zero-order chi connectivity index (χ0) is 21.3. The molecule has 1 unspecified atom stereocenters. The lowest BCUT2D eigenvalue weighted by molar-refractivity contribution is -0.140. The van der Waals surface area contributed by atoms with E-state index in [4.69, 9.17) is 0 Å². The molecule has 7 heteroatoms. The lowest BCUT2D eigenvalue weighted by Gasteiger charge is -2.38. The van der Waals surface area contributed by atoms with E-state index in [1.54, 1.807) is 24.9 Å². The van der Waals surface area contributed by atoms with Crippen molar-refractivity contribution >= 4 is 17.6 Å². The van der Waals surface area contributed by atoms with E-state index < -0.39 is 12.0 Å². The van der Waals surface area contributed by atoms with Gasteiger partial charge in [-0.2, -0.15) is 0 Å². The third kappa shape index (κ3) is 4.28. The van der Waals surface area contributed by atoms with Gasteiger partial charge < -0.3 is 19.5 Å². The molecule has 0 radical (unpaired) electrons. The van der Waals surface area contributed by atoms with Gasteiger partial charge >= 0.3 is 5.97 Å². The third-order valence-electron chi connectivity index (χ3n) is 5.53. The van der Waals surface area contributed by atoms with Gasteiger partial charge in [0.2, 0.25) is 0 Å². The minimum Gasteiger partial charge on any atom is -0.480 e. The molecular weight excluding hydrogens is 368 g/mol. The fourth-order valence-electron chi connectivity index (χ4n) is 3.80. The van der Waals surface area contributed by atoms with Crippen LogP contribution in [0.5, 0.6) is 0 Å². The second kappa shape index (κ2) is 7.89. The number of piperazine rings is 1. The predicted molar refractivity (Wildman–Crippen MR) is 113 cm³/mol. The molecule has 1 atom stereocenters. The molecule has 0 bridgehead atoms. The van der Waals surface area contributed by atoms with Gasteiger partial charge in [0.05, 0.1) is 0 Å². The molecule has 0 spiro atoms. The van der Waals surface area contributed by atoms with Crippen LogP contribution < -0.4 is 4.90 Å². The van der Waals surface area contributed by atoms with Gasteiger partial charge in [-0.3, -0.25) is 4.79 Å². The molecule has 3 rings (SSSR count). The fraction of sp³-hybridized carbons (Fsp3) is 0.500. The number of carboxylic acids is 1. The van der Waals surface area contributed by atoms with Crippen LogP contribution in [0.15, 0.2) is 30.5 Å². The summed E-state index contributed by atoms with van der Waals surface area (Å²) in [4.78, 5) is 32.6. The summed E-state index contributed by atoms with van der Waals surface area (Å²) in [5.41, 5.74) is 2.88. The van der Waals surface area contributed by atoms with Crippen LogP contribution in [0.1, 0.15) is 55.6 Å². The summed E-state index contributed by atoms with van der Waals surface area (Å²) in [5, 5.41) is 9.22. The second-order valence-electron chi connectivity index (χ2n) is 8.64. The van der Waals surface area contributed by atoms with Gasteiger partial charge in [-0.15, -0.1) is 0 Å². The Bertz CT molecular complexity index is 905. The maximum Gasteiger partial charge on any atom is 0.326 e. The van der Waals surface area contributed by atoms with Crippen molar-refractivity contribution in [3.8, 4) is 0 Å². The molecule has 7 nitrogen and oxygen atoms in total. The predicted octanol–water partition coefficient (Wildman–Crippen LogP) is 3.10. The first-order valence-electron chi connectivity index (χ1n) is 10.0. The number of rotatable bonds is 4. The molecule has 1 saturated heterocycles. The van der Waals surface area contributed by atoms with Crippen LogP contribution in [-0.4, -0.2) is 57.6 Å². The molecule has 1 aliphatic rings. The summed E-state index contributed by atoms with van der Waals surface area (Å²) in [6.07, 6.45) is 1.55. The summed E-state index contributed by atoms with van der Waals surface area (Å²) in [6.45, 7) is 12.7. The quantitative estimate of drug-likeness (QED) is 0.856. The topological polar surface area (TPSA) is 78.7 Å². The highest BCUT2D eigenvalue weighted by Crippen LogP contribution is 2.32. The standard InChI is InChI=1S/C22H30N4O3/c1-15(21(28)29)26-14-18(23-16(26)2)20(27)25-12-10-24(11-13-25)19-9-7-6-8-17(19)22(3,4)5/h6-9,14-15H,10-13H2,1-5H3,(H,28,29). The first-order chi connectivity index (χ1) is 13.6. The number of aromatic nitrogens is 2. The highest BCUT2D eigenvalue weighted by molar-refractivity contribution is 5.92. The number of aryl methyl sites for hydroxylation is 1. The van der Waals surface area contributed by atoms with Crippen LogP contribution in [0.3, 0.4) is 0 Å². The normalized spacial score (nSPS) is 16.0. The molecule has 156 valence electrons. The molecule has 1 aromatic heterocycles. The Labute approximate surface area is 172 Å². The highest BCUT2D eigenvalue weighted by Gasteiger charge is 2.28. The summed E-state index contributed by atoms with van der Waals surface area (Å²) >= 11 is 0. The van der Waals surface area contributed by atoms with Crippen LogP contribution in [0, 0.1) is 6.92 Å². The molecule has 1 fully saturated rings. The number of carboxylic acid groups (broad SMARTS) is 1. The number of hydrogen-bond donors (Lipinski definition) is 1. The maximum atomic E-state index is 12.9. The van der Waals surface area contributed by atoms with Crippen molar-refractivity contribution in [2.45, 2.75) is 46.1 Å². The van der Waals surface area contributed by atoms with Crippen molar-refractivity contribution < 1.29 is 14.7 Å². The Morgan fingerprint density at radius 2 is 1.72 bits per heavy atom. The van der Waals surface area contributed by atoms with E-state index in [9.17, 15) is 14.7 Å². The highest BCUT2D eigenvalue weighted by atomic mass is 16.4. The number of carbonyl (C=O) groups is 2. The smallest absolute Gasteiger partial charge is 0.326 e. The van der Waals surface area contributed by atoms with Gasteiger partial charge in [0.25, 0.3) is 5.91 Å². The average molecular weight is 399 g/mol. The fourth-order valence-corrected chi connectivity index (χ4v) is 3.80. The van der Waals surface area contributed by atoms with Crippen molar-refractivity contribution in [1.82, 2.24) is 14.5 Å². The van der Waals surface area contributed by atoms with Crippen molar-refractivity contribution in [2.75, 3.05) is 31.1 Å². The van der Waals surface area contributed by atoms with Crippen LogP contribution in [0.4, 0.5) is 5.69 Å². The van der Waals surface area contributed by atoms with Crippen LogP contribution in [0.2, 0.25) is 0 Å². The molecule has 2 aromatic rings. The van der Waals surface area contributed by atoms with E-state index in [1.807, 2.05) is 0 Å². The minimum atomic E-state index is -0.948. The minimum absolute atomic E-state index is 0.0503. The van der Waals surface area contributed by atoms with Gasteiger partial charge in [0.15, 0.2) is 0 Å². The largest absolute Gasteiger partial charge is 0.480 e. The van der Waals surface area contributed by atoms with E-state index in [1.165, 1.54) is 15.8 Å². The zero-order valence-corrected chi connectivity index (χ0v) is 17.8. The third-order valence-corrected chi connectivity index (χ3v) is 5.53. The lowest BCUT2D eigenvalue weighted by Crippen LogP contribution is -2.49. The molecule has 1 aromatic carbocycles. The van der Waals surface area contributed by atoms with E-state index in [0.717, 1.165) is 13.1 Å². The molecule has 1 aliphatic heterocycles. The summed E-state index contributed by atoms with van der Waals surface area (Å²) in [7, 11) is 0. The number of nitrogens with zero attached hydrogens (tertiary/aromatic N) is 4. The molecule has 1 N–H and O–H groups in total. The molecule has 0 saturated carbocycles. The number of anilines is 1. The van der Waals surface area contributed by atoms with Crippen LogP contribution in [0.25, 0.3) is 0 Å². The second-order valence-corrected chi connectivity index (χ2v) is 8.64. The van der Waals surface area contributed by atoms with Gasteiger partial charge in [-0.25, -0.2) is 9.78 Å². The monoisotopic (exact) mass is 398 g/mol. The summed E-state index contributed by atoms with van der Waals surface area (Å²) < 4.78 is 1.53. The van der Waals surface area contributed by atoms with Crippen molar-refractivity contribution in [3.05, 3.63) is 47.5 Å². The van der Waals surface area contributed by atoms with Gasteiger partial charge in [0.1, 0.15) is 17.6 Å². The number of benzene rings is 1. The SMILES string of the molecule is Cc1nc(C(=O)N2CCN(c3ccccc3C(C)(C)C)CC2)cn1C(C)C(=O)O. The zero-order valence-electron chi connectivity index (χ0n) is 17.8.